The molecule has 1 amide bonds. The summed E-state index contributed by atoms with van der Waals surface area (Å²) in [5.41, 5.74) is -0.0306. The van der Waals surface area contributed by atoms with E-state index in [0.717, 1.165) is 18.2 Å². The number of furan rings is 1. The van der Waals surface area contributed by atoms with Gasteiger partial charge >= 0.3 is 11.9 Å². The summed E-state index contributed by atoms with van der Waals surface area (Å²) >= 11 is 0. The Balaban J connectivity index is 1.82. The van der Waals surface area contributed by atoms with Crippen LogP contribution >= 0.6 is 0 Å². The maximum Gasteiger partial charge on any atom is 0.433 e. The number of carbonyl (C=O) groups excluding carboxylic acids is 2. The normalized spacial score (nSPS) is 10.5. The van der Waals surface area contributed by atoms with Crippen LogP contribution in [-0.4, -0.2) is 23.4 Å². The van der Waals surface area contributed by atoms with Crippen LogP contribution in [0.1, 0.15) is 5.76 Å². The fraction of sp³-hybridized carbons (Fsp3) is 0.0667. The third-order valence-corrected chi connectivity index (χ3v) is 2.67. The molecule has 1 aromatic heterocycles. The van der Waals surface area contributed by atoms with Gasteiger partial charge in [-0.1, -0.05) is 12.1 Å². The predicted molar refractivity (Wildman–Crippen MR) is 80.4 cm³/mol. The van der Waals surface area contributed by atoms with Crippen molar-refractivity contribution in [2.24, 2.45) is 0 Å². The van der Waals surface area contributed by atoms with E-state index >= 15 is 0 Å². The van der Waals surface area contributed by atoms with E-state index in [9.17, 15) is 24.1 Å². The minimum atomic E-state index is -0.863. The number of nitrogens with one attached hydrogen (secondary N) is 1. The highest BCUT2D eigenvalue weighted by Gasteiger charge is 2.11. The Morgan fingerprint density at radius 2 is 2.04 bits per heavy atom. The van der Waals surface area contributed by atoms with Crippen molar-refractivity contribution >= 4 is 29.5 Å². The van der Waals surface area contributed by atoms with E-state index in [1.165, 1.54) is 30.3 Å². The lowest BCUT2D eigenvalue weighted by Crippen LogP contribution is -2.20. The molecule has 0 spiro atoms. The fourth-order valence-electron chi connectivity index (χ4n) is 1.61. The van der Waals surface area contributed by atoms with E-state index < -0.39 is 35.1 Å². The van der Waals surface area contributed by atoms with E-state index in [1.54, 1.807) is 0 Å². The maximum atomic E-state index is 13.3. The molecule has 2 aromatic rings. The monoisotopic (exact) mass is 334 g/mol. The molecule has 2 rings (SSSR count). The summed E-state index contributed by atoms with van der Waals surface area (Å²) in [6.07, 6.45) is 2.10. The Morgan fingerprint density at radius 1 is 1.29 bits per heavy atom. The quantitative estimate of drug-likeness (QED) is 0.376. The van der Waals surface area contributed by atoms with Gasteiger partial charge in [0.05, 0.1) is 11.8 Å². The van der Waals surface area contributed by atoms with Crippen molar-refractivity contribution in [3.8, 4) is 0 Å². The van der Waals surface area contributed by atoms with Crippen LogP contribution < -0.4 is 5.32 Å². The Kier molecular flexibility index (Phi) is 5.40. The van der Waals surface area contributed by atoms with Crippen molar-refractivity contribution in [1.29, 1.82) is 0 Å². The number of anilines is 1. The molecule has 1 N–H and O–H groups in total. The number of nitrogens with zero attached hydrogens (tertiary/aromatic N) is 1. The van der Waals surface area contributed by atoms with Gasteiger partial charge in [0.1, 0.15) is 16.5 Å². The van der Waals surface area contributed by atoms with Crippen LogP contribution in [0.3, 0.4) is 0 Å². The zero-order valence-electron chi connectivity index (χ0n) is 12.1. The first-order chi connectivity index (χ1) is 11.5. The largest absolute Gasteiger partial charge is 0.452 e. The minimum Gasteiger partial charge on any atom is -0.452 e. The molecule has 8 nitrogen and oxygen atoms in total. The summed E-state index contributed by atoms with van der Waals surface area (Å²) in [5.74, 6) is -2.58. The van der Waals surface area contributed by atoms with Gasteiger partial charge in [-0.2, -0.15) is 0 Å². The zero-order chi connectivity index (χ0) is 17.5. The first-order valence-corrected chi connectivity index (χ1v) is 6.59. The molecule has 0 bridgehead atoms. The Morgan fingerprint density at radius 3 is 2.71 bits per heavy atom. The van der Waals surface area contributed by atoms with Gasteiger partial charge in [-0.05, 0) is 24.3 Å². The van der Waals surface area contributed by atoms with Crippen molar-refractivity contribution in [2.75, 3.05) is 11.9 Å². The first kappa shape index (κ1) is 16.9. The molecule has 0 saturated heterocycles. The van der Waals surface area contributed by atoms with Gasteiger partial charge in [-0.25, -0.2) is 9.18 Å². The fourth-order valence-corrected chi connectivity index (χ4v) is 1.61. The van der Waals surface area contributed by atoms with Gasteiger partial charge in [0.25, 0.3) is 5.91 Å². The number of carbonyl (C=O) groups is 2. The van der Waals surface area contributed by atoms with Crippen LogP contribution in [0.5, 0.6) is 0 Å². The second-order valence-electron chi connectivity index (χ2n) is 4.40. The lowest BCUT2D eigenvalue weighted by Gasteiger charge is -2.05. The Labute approximate surface area is 134 Å². The molecular formula is C15H11FN2O6. The number of para-hydroxylation sites is 1. The Bertz CT molecular complexity index is 799. The molecule has 1 heterocycles. The van der Waals surface area contributed by atoms with Crippen LogP contribution in [-0.2, 0) is 14.3 Å². The highest BCUT2D eigenvalue weighted by atomic mass is 19.1. The van der Waals surface area contributed by atoms with Crippen molar-refractivity contribution in [3.05, 3.63) is 64.2 Å². The molecule has 0 atom stereocenters. The topological polar surface area (TPSA) is 112 Å². The number of ether oxygens (including phenoxy) is 1. The third kappa shape index (κ3) is 4.77. The highest BCUT2D eigenvalue weighted by molar-refractivity contribution is 5.94. The molecule has 1 aromatic carbocycles. The Hall–Kier alpha value is -3.49. The van der Waals surface area contributed by atoms with E-state index in [-0.39, 0.29) is 11.4 Å². The van der Waals surface area contributed by atoms with Gasteiger partial charge in [0.2, 0.25) is 0 Å². The number of amides is 1. The van der Waals surface area contributed by atoms with Gasteiger partial charge in [0, 0.05) is 6.08 Å². The lowest BCUT2D eigenvalue weighted by molar-refractivity contribution is -0.402. The van der Waals surface area contributed by atoms with Gasteiger partial charge in [-0.15, -0.1) is 0 Å². The zero-order valence-corrected chi connectivity index (χ0v) is 12.1. The summed E-state index contributed by atoms with van der Waals surface area (Å²) in [7, 11) is 0. The number of nitro groups is 1. The number of esters is 1. The van der Waals surface area contributed by atoms with Gasteiger partial charge in [0.15, 0.2) is 6.61 Å². The lowest BCUT2D eigenvalue weighted by atomic mass is 10.3. The summed E-state index contributed by atoms with van der Waals surface area (Å²) < 4.78 is 22.8. The van der Waals surface area contributed by atoms with Crippen LogP contribution in [0.15, 0.2) is 46.9 Å². The molecule has 24 heavy (non-hydrogen) atoms. The van der Waals surface area contributed by atoms with Crippen molar-refractivity contribution in [3.63, 3.8) is 0 Å². The van der Waals surface area contributed by atoms with Crippen LogP contribution in [0.25, 0.3) is 6.08 Å². The smallest absolute Gasteiger partial charge is 0.433 e. The molecule has 0 aliphatic carbocycles. The minimum absolute atomic E-state index is 0.0306. The summed E-state index contributed by atoms with van der Waals surface area (Å²) in [6.45, 7) is -0.615. The van der Waals surface area contributed by atoms with Crippen molar-refractivity contribution in [1.82, 2.24) is 0 Å². The second-order valence-corrected chi connectivity index (χ2v) is 4.40. The number of rotatable bonds is 6. The number of hydrogen-bond donors (Lipinski definition) is 1. The predicted octanol–water partition coefficient (Wildman–Crippen LogP) is 2.52. The average molecular weight is 334 g/mol. The van der Waals surface area contributed by atoms with Crippen molar-refractivity contribution in [2.45, 2.75) is 0 Å². The van der Waals surface area contributed by atoms with E-state index in [4.69, 9.17) is 4.42 Å². The molecule has 0 radical (unpaired) electrons. The van der Waals surface area contributed by atoms with Gasteiger partial charge in [-0.3, -0.25) is 14.9 Å². The number of halogens is 1. The standard InChI is InChI=1S/C15H11FN2O6/c16-11-3-1-2-4-12(11)17-13(19)9-23-15(20)8-6-10-5-7-14(24-10)18(21)22/h1-8H,9H2,(H,17,19)/b8-6+. The molecule has 9 heteroatoms. The number of benzene rings is 1. The summed E-state index contributed by atoms with van der Waals surface area (Å²) in [6, 6.07) is 7.97. The van der Waals surface area contributed by atoms with E-state index in [0.29, 0.717) is 0 Å². The first-order valence-electron chi connectivity index (χ1n) is 6.59. The molecular weight excluding hydrogens is 323 g/mol. The van der Waals surface area contributed by atoms with E-state index in [2.05, 4.69) is 10.1 Å². The van der Waals surface area contributed by atoms with Crippen LogP contribution in [0, 0.1) is 15.9 Å². The number of hydrogen-bond acceptors (Lipinski definition) is 6. The molecule has 0 unspecified atom stereocenters. The molecule has 124 valence electrons. The average Bonchev–Trinajstić information content (AvgIpc) is 3.02. The molecule has 0 aliphatic heterocycles. The molecule has 0 fully saturated rings. The summed E-state index contributed by atoms with van der Waals surface area (Å²) in [4.78, 5) is 32.7. The molecule has 0 aliphatic rings. The SMILES string of the molecule is O=C(COC(=O)/C=C/c1ccc([N+](=O)[O-])o1)Nc1ccccc1F. The highest BCUT2D eigenvalue weighted by Crippen LogP contribution is 2.16. The second kappa shape index (κ2) is 7.68. The van der Waals surface area contributed by atoms with Crippen molar-refractivity contribution < 1.29 is 28.1 Å². The molecule has 0 saturated carbocycles. The van der Waals surface area contributed by atoms with Crippen LogP contribution in [0.2, 0.25) is 0 Å². The third-order valence-electron chi connectivity index (χ3n) is 2.67. The van der Waals surface area contributed by atoms with Crippen LogP contribution in [0.4, 0.5) is 16.0 Å². The van der Waals surface area contributed by atoms with Gasteiger partial charge < -0.3 is 14.5 Å². The summed E-state index contributed by atoms with van der Waals surface area (Å²) in [5, 5.41) is 12.7. The maximum absolute atomic E-state index is 13.3. The van der Waals surface area contributed by atoms with E-state index in [1.807, 2.05) is 0 Å².